The molecule has 0 saturated heterocycles. The Bertz CT molecular complexity index is 254. The van der Waals surface area contributed by atoms with Crippen LogP contribution in [-0.4, -0.2) is 25.1 Å². The van der Waals surface area contributed by atoms with Gasteiger partial charge in [0.25, 0.3) is 0 Å². The summed E-state index contributed by atoms with van der Waals surface area (Å²) >= 11 is 0. The van der Waals surface area contributed by atoms with Crippen LogP contribution in [-0.2, 0) is 0 Å². The maximum Gasteiger partial charge on any atom is 0.191 e. The molecule has 3 nitrogen and oxygen atoms in total. The van der Waals surface area contributed by atoms with E-state index in [1.807, 2.05) is 0 Å². The maximum atomic E-state index is 4.35. The van der Waals surface area contributed by atoms with Crippen molar-refractivity contribution in [2.75, 3.05) is 13.1 Å². The van der Waals surface area contributed by atoms with Crippen molar-refractivity contribution in [1.29, 1.82) is 0 Å². The Morgan fingerprint density at radius 1 is 1.40 bits per heavy atom. The highest BCUT2D eigenvalue weighted by Crippen LogP contribution is 2.18. The monoisotopic (exact) mass is 209 g/mol. The SMILES string of the molecule is C=C(C(C)C)C(NC1=NCCN1)C(C)C. The van der Waals surface area contributed by atoms with Gasteiger partial charge in [-0.3, -0.25) is 4.99 Å². The minimum Gasteiger partial charge on any atom is -0.355 e. The van der Waals surface area contributed by atoms with E-state index < -0.39 is 0 Å². The molecule has 2 N–H and O–H groups in total. The summed E-state index contributed by atoms with van der Waals surface area (Å²) in [6.07, 6.45) is 0. The van der Waals surface area contributed by atoms with E-state index in [9.17, 15) is 0 Å². The summed E-state index contributed by atoms with van der Waals surface area (Å²) in [5, 5.41) is 6.67. The minimum absolute atomic E-state index is 0.314. The van der Waals surface area contributed by atoms with Crippen LogP contribution < -0.4 is 10.6 Å². The smallest absolute Gasteiger partial charge is 0.191 e. The van der Waals surface area contributed by atoms with Gasteiger partial charge in [-0.1, -0.05) is 39.8 Å². The molecule has 1 heterocycles. The standard InChI is InChI=1S/C12H23N3/c1-8(2)10(5)11(9(3)4)15-12-13-6-7-14-12/h8-9,11H,5-7H2,1-4H3,(H2,13,14,15). The van der Waals surface area contributed by atoms with Gasteiger partial charge in [0.05, 0.1) is 12.6 Å². The number of aliphatic imine (C=N–C) groups is 1. The highest BCUT2D eigenvalue weighted by molar-refractivity contribution is 5.81. The third-order valence-corrected chi connectivity index (χ3v) is 2.77. The normalized spacial score (nSPS) is 17.6. The van der Waals surface area contributed by atoms with E-state index in [2.05, 4.69) is 49.9 Å². The summed E-state index contributed by atoms with van der Waals surface area (Å²) in [7, 11) is 0. The molecular weight excluding hydrogens is 186 g/mol. The molecule has 0 bridgehead atoms. The average Bonchev–Trinajstić information content (AvgIpc) is 2.64. The summed E-state index contributed by atoms with van der Waals surface area (Å²) in [6.45, 7) is 14.8. The molecule has 1 rings (SSSR count). The van der Waals surface area contributed by atoms with Crippen LogP contribution in [0.4, 0.5) is 0 Å². The second kappa shape index (κ2) is 5.19. The molecule has 0 fully saturated rings. The van der Waals surface area contributed by atoms with Gasteiger partial charge in [-0.25, -0.2) is 0 Å². The van der Waals surface area contributed by atoms with Crippen molar-refractivity contribution in [2.24, 2.45) is 16.8 Å². The molecule has 0 saturated carbocycles. The highest BCUT2D eigenvalue weighted by atomic mass is 15.2. The number of rotatable bonds is 4. The van der Waals surface area contributed by atoms with Gasteiger partial charge >= 0.3 is 0 Å². The van der Waals surface area contributed by atoms with Crippen LogP contribution in [0.3, 0.4) is 0 Å². The first-order chi connectivity index (χ1) is 7.02. The van der Waals surface area contributed by atoms with Crippen molar-refractivity contribution in [1.82, 2.24) is 10.6 Å². The Hall–Kier alpha value is -0.990. The van der Waals surface area contributed by atoms with Crippen LogP contribution in [0.25, 0.3) is 0 Å². The lowest BCUT2D eigenvalue weighted by Crippen LogP contribution is -2.45. The molecule has 15 heavy (non-hydrogen) atoms. The van der Waals surface area contributed by atoms with E-state index in [0.29, 0.717) is 17.9 Å². The predicted molar refractivity (Wildman–Crippen MR) is 66.0 cm³/mol. The van der Waals surface area contributed by atoms with E-state index in [1.165, 1.54) is 5.57 Å². The van der Waals surface area contributed by atoms with Gasteiger partial charge < -0.3 is 10.6 Å². The lowest BCUT2D eigenvalue weighted by atomic mass is 9.90. The van der Waals surface area contributed by atoms with Crippen LogP contribution in [0.2, 0.25) is 0 Å². The fourth-order valence-corrected chi connectivity index (χ4v) is 1.69. The molecule has 0 radical (unpaired) electrons. The van der Waals surface area contributed by atoms with Crippen molar-refractivity contribution in [3.8, 4) is 0 Å². The molecule has 1 atom stereocenters. The number of nitrogens with one attached hydrogen (secondary N) is 2. The van der Waals surface area contributed by atoms with Crippen molar-refractivity contribution >= 4 is 5.96 Å². The van der Waals surface area contributed by atoms with Gasteiger partial charge in [-0.15, -0.1) is 0 Å². The Labute approximate surface area is 93.1 Å². The molecule has 0 spiro atoms. The number of hydrogen-bond donors (Lipinski definition) is 2. The zero-order chi connectivity index (χ0) is 11.4. The van der Waals surface area contributed by atoms with E-state index in [4.69, 9.17) is 0 Å². The molecule has 1 aliphatic heterocycles. The quantitative estimate of drug-likeness (QED) is 0.692. The minimum atomic E-state index is 0.314. The van der Waals surface area contributed by atoms with Gasteiger partial charge in [-0.05, 0) is 11.8 Å². The summed E-state index contributed by atoms with van der Waals surface area (Å²) < 4.78 is 0. The summed E-state index contributed by atoms with van der Waals surface area (Å²) in [4.78, 5) is 4.35. The van der Waals surface area contributed by atoms with Crippen LogP contribution in [0, 0.1) is 11.8 Å². The lowest BCUT2D eigenvalue weighted by Gasteiger charge is -2.27. The van der Waals surface area contributed by atoms with E-state index in [-0.39, 0.29) is 0 Å². The van der Waals surface area contributed by atoms with Crippen molar-refractivity contribution in [3.05, 3.63) is 12.2 Å². The van der Waals surface area contributed by atoms with Gasteiger partial charge in [-0.2, -0.15) is 0 Å². The van der Waals surface area contributed by atoms with E-state index in [0.717, 1.165) is 19.0 Å². The van der Waals surface area contributed by atoms with Gasteiger partial charge in [0.1, 0.15) is 0 Å². The maximum absolute atomic E-state index is 4.35. The topological polar surface area (TPSA) is 36.4 Å². The lowest BCUT2D eigenvalue weighted by molar-refractivity contribution is 0.470. The second-order valence-corrected chi connectivity index (χ2v) is 4.75. The van der Waals surface area contributed by atoms with E-state index >= 15 is 0 Å². The molecular formula is C12H23N3. The Morgan fingerprint density at radius 2 is 2.07 bits per heavy atom. The van der Waals surface area contributed by atoms with Crippen LogP contribution in [0.15, 0.2) is 17.1 Å². The van der Waals surface area contributed by atoms with Crippen molar-refractivity contribution in [3.63, 3.8) is 0 Å². The Balaban J connectivity index is 2.61. The molecule has 0 aromatic rings. The molecule has 0 aromatic heterocycles. The van der Waals surface area contributed by atoms with Gasteiger partial charge in [0.2, 0.25) is 0 Å². The number of hydrogen-bond acceptors (Lipinski definition) is 3. The van der Waals surface area contributed by atoms with Gasteiger partial charge in [0.15, 0.2) is 5.96 Å². The summed E-state index contributed by atoms with van der Waals surface area (Å²) in [6, 6.07) is 0.314. The van der Waals surface area contributed by atoms with Crippen molar-refractivity contribution < 1.29 is 0 Å². The number of guanidine groups is 1. The summed E-state index contributed by atoms with van der Waals surface area (Å²) in [5.41, 5.74) is 1.25. The third kappa shape index (κ3) is 3.26. The molecule has 0 aromatic carbocycles. The highest BCUT2D eigenvalue weighted by Gasteiger charge is 2.20. The zero-order valence-corrected chi connectivity index (χ0v) is 10.3. The van der Waals surface area contributed by atoms with Crippen molar-refractivity contribution in [2.45, 2.75) is 33.7 Å². The largest absolute Gasteiger partial charge is 0.355 e. The number of nitrogens with zero attached hydrogens (tertiary/aromatic N) is 1. The molecule has 0 aliphatic carbocycles. The van der Waals surface area contributed by atoms with Crippen LogP contribution >= 0.6 is 0 Å². The first kappa shape index (κ1) is 12.1. The molecule has 0 amide bonds. The summed E-state index contributed by atoms with van der Waals surface area (Å²) in [5.74, 6) is 1.97. The fourth-order valence-electron chi connectivity index (χ4n) is 1.69. The first-order valence-electron chi connectivity index (χ1n) is 5.76. The molecule has 1 unspecified atom stereocenters. The fraction of sp³-hybridized carbons (Fsp3) is 0.750. The first-order valence-corrected chi connectivity index (χ1v) is 5.76. The Morgan fingerprint density at radius 3 is 2.47 bits per heavy atom. The predicted octanol–water partition coefficient (Wildman–Crippen LogP) is 1.77. The van der Waals surface area contributed by atoms with Gasteiger partial charge in [0, 0.05) is 6.54 Å². The second-order valence-electron chi connectivity index (χ2n) is 4.75. The molecule has 86 valence electrons. The third-order valence-electron chi connectivity index (χ3n) is 2.77. The van der Waals surface area contributed by atoms with Crippen LogP contribution in [0.1, 0.15) is 27.7 Å². The Kier molecular flexibility index (Phi) is 4.18. The molecule has 3 heteroatoms. The van der Waals surface area contributed by atoms with E-state index in [1.54, 1.807) is 0 Å². The van der Waals surface area contributed by atoms with Crippen LogP contribution in [0.5, 0.6) is 0 Å². The zero-order valence-electron chi connectivity index (χ0n) is 10.3. The average molecular weight is 209 g/mol. The molecule has 1 aliphatic rings.